The fourth-order valence-electron chi connectivity index (χ4n) is 4.93. The summed E-state index contributed by atoms with van der Waals surface area (Å²) in [4.78, 5) is 18.6. The van der Waals surface area contributed by atoms with Crippen LogP contribution < -0.4 is 16.4 Å². The molecule has 5 rings (SSSR count). The minimum atomic E-state index is -4.61. The van der Waals surface area contributed by atoms with Gasteiger partial charge in [0.1, 0.15) is 17.2 Å². The Morgan fingerprint density at radius 3 is 2.61 bits per heavy atom. The summed E-state index contributed by atoms with van der Waals surface area (Å²) in [6.07, 6.45) is -0.224. The maximum absolute atomic E-state index is 14.1. The van der Waals surface area contributed by atoms with Crippen LogP contribution in [0.4, 0.5) is 19.0 Å². The number of hydrogen-bond donors (Lipinski definition) is 3. The predicted octanol–water partition coefficient (Wildman–Crippen LogP) is 5.61. The van der Waals surface area contributed by atoms with Crippen LogP contribution in [0, 0.1) is 0 Å². The Morgan fingerprint density at radius 2 is 1.93 bits per heavy atom. The van der Waals surface area contributed by atoms with Gasteiger partial charge >= 0.3 is 6.18 Å². The minimum Gasteiger partial charge on any atom is -0.459 e. The monoisotopic (exact) mass is 563 g/mol. The molecular weight excluding hydrogens is 531 g/mol. The van der Waals surface area contributed by atoms with Gasteiger partial charge in [0.25, 0.3) is 0 Å². The van der Waals surface area contributed by atoms with Crippen molar-refractivity contribution in [2.75, 3.05) is 25.4 Å². The first-order chi connectivity index (χ1) is 19.5. The van der Waals surface area contributed by atoms with Gasteiger partial charge in [-0.2, -0.15) is 13.2 Å². The summed E-state index contributed by atoms with van der Waals surface area (Å²) in [5, 5.41) is 6.36. The van der Waals surface area contributed by atoms with E-state index in [9.17, 15) is 18.0 Å². The topological polar surface area (TPSA) is 96.4 Å². The molecule has 1 aliphatic heterocycles. The first-order valence-corrected chi connectivity index (χ1v) is 13.3. The quantitative estimate of drug-likeness (QED) is 0.253. The zero-order chi connectivity index (χ0) is 29.2. The Kier molecular flexibility index (Phi) is 7.88. The third-order valence-electron chi connectivity index (χ3n) is 7.28. The van der Waals surface area contributed by atoms with Gasteiger partial charge in [0, 0.05) is 49.4 Å². The zero-order valence-corrected chi connectivity index (χ0v) is 22.9. The highest BCUT2D eigenvalue weighted by Gasteiger charge is 2.35. The summed E-state index contributed by atoms with van der Waals surface area (Å²) in [5.41, 5.74) is 7.36. The molecule has 0 radical (unpaired) electrons. The van der Waals surface area contributed by atoms with E-state index in [-0.39, 0.29) is 23.4 Å². The van der Waals surface area contributed by atoms with Crippen molar-refractivity contribution in [2.24, 2.45) is 0 Å². The first-order valence-electron chi connectivity index (χ1n) is 13.3. The Balaban J connectivity index is 1.33. The van der Waals surface area contributed by atoms with Crippen LogP contribution in [0.3, 0.4) is 0 Å². The summed E-state index contributed by atoms with van der Waals surface area (Å²) in [5.74, 6) is 0.153. The van der Waals surface area contributed by atoms with E-state index in [1.165, 1.54) is 18.3 Å². The number of nitrogens with zero attached hydrogens (tertiary/aromatic N) is 2. The van der Waals surface area contributed by atoms with Crippen LogP contribution in [-0.2, 0) is 24.1 Å². The number of alkyl halides is 3. The van der Waals surface area contributed by atoms with Gasteiger partial charge in [0.05, 0.1) is 12.1 Å². The van der Waals surface area contributed by atoms with Crippen molar-refractivity contribution in [1.82, 2.24) is 20.5 Å². The molecule has 1 fully saturated rings. The summed E-state index contributed by atoms with van der Waals surface area (Å²) >= 11 is 0. The van der Waals surface area contributed by atoms with E-state index in [2.05, 4.69) is 34.4 Å². The normalized spacial score (nSPS) is 15.9. The van der Waals surface area contributed by atoms with Crippen LogP contribution in [0.2, 0.25) is 0 Å². The number of benzene rings is 2. The Hall–Kier alpha value is -4.15. The zero-order valence-electron chi connectivity index (χ0n) is 22.9. The standard InChI is InChI=1S/C31H32F3N5O2/c1-30(2)19-36-11-12-39(30)18-21-3-7-22(8-4-21)23-13-24-14-25(41-29(24)26(15-23)31(32,33)34)17-38-28(40)10-6-20-5-9-27(35)37-16-20/h3-10,13-16,36H,11-12,17-19H2,1-2H3,(H2,35,37)(H,38,40). The molecule has 0 saturated carbocycles. The third kappa shape index (κ3) is 6.78. The number of halogens is 3. The molecule has 0 aliphatic carbocycles. The number of fused-ring (bicyclic) bond motifs is 1. The molecule has 4 aromatic rings. The number of hydrogen-bond acceptors (Lipinski definition) is 6. The van der Waals surface area contributed by atoms with Crippen molar-refractivity contribution in [3.05, 3.63) is 89.3 Å². The number of amides is 1. The molecule has 2 aromatic carbocycles. The van der Waals surface area contributed by atoms with Crippen molar-refractivity contribution in [1.29, 1.82) is 0 Å². The van der Waals surface area contributed by atoms with Gasteiger partial charge in [-0.1, -0.05) is 24.3 Å². The lowest BCUT2D eigenvalue weighted by Gasteiger charge is -2.42. The van der Waals surface area contributed by atoms with E-state index in [1.807, 2.05) is 24.3 Å². The molecule has 41 heavy (non-hydrogen) atoms. The van der Waals surface area contributed by atoms with Crippen LogP contribution in [-0.4, -0.2) is 41.0 Å². The maximum atomic E-state index is 14.1. The van der Waals surface area contributed by atoms with E-state index < -0.39 is 17.6 Å². The predicted molar refractivity (Wildman–Crippen MR) is 154 cm³/mol. The van der Waals surface area contributed by atoms with E-state index in [0.717, 1.165) is 37.8 Å². The van der Waals surface area contributed by atoms with Crippen molar-refractivity contribution >= 4 is 28.8 Å². The number of carbonyl (C=O) groups excluding carboxylic acids is 1. The van der Waals surface area contributed by atoms with E-state index in [1.54, 1.807) is 24.3 Å². The first kappa shape index (κ1) is 28.4. The number of nitrogen functional groups attached to an aromatic ring is 1. The molecule has 0 unspecified atom stereocenters. The largest absolute Gasteiger partial charge is 0.459 e. The second kappa shape index (κ2) is 11.4. The molecule has 0 spiro atoms. The van der Waals surface area contributed by atoms with Crippen LogP contribution in [0.1, 0.15) is 36.3 Å². The molecular formula is C31H32F3N5O2. The second-order valence-corrected chi connectivity index (χ2v) is 10.8. The number of rotatable bonds is 7. The molecule has 1 saturated heterocycles. The van der Waals surface area contributed by atoms with Crippen molar-refractivity contribution in [2.45, 2.75) is 38.7 Å². The van der Waals surface area contributed by atoms with Gasteiger partial charge in [0.15, 0.2) is 0 Å². The summed E-state index contributed by atoms with van der Waals surface area (Å²) in [6, 6.07) is 15.3. The minimum absolute atomic E-state index is 0.0206. The van der Waals surface area contributed by atoms with Crippen molar-refractivity contribution in [3.63, 3.8) is 0 Å². The SMILES string of the molecule is CC1(C)CNCCN1Cc1ccc(-c2cc(C(F)(F)F)c3oc(CNC(=O)C=Cc4ccc(N)nc4)cc3c2)cc1. The Labute approximate surface area is 236 Å². The molecule has 1 amide bonds. The fraction of sp³-hybridized carbons (Fsp3) is 0.290. The lowest BCUT2D eigenvalue weighted by Crippen LogP contribution is -2.57. The highest BCUT2D eigenvalue weighted by Crippen LogP contribution is 2.39. The van der Waals surface area contributed by atoms with E-state index >= 15 is 0 Å². The molecule has 0 atom stereocenters. The molecule has 2 aromatic heterocycles. The molecule has 7 nitrogen and oxygen atoms in total. The van der Waals surface area contributed by atoms with Gasteiger partial charge in [0.2, 0.25) is 5.91 Å². The van der Waals surface area contributed by atoms with Gasteiger partial charge in [-0.15, -0.1) is 0 Å². The highest BCUT2D eigenvalue weighted by atomic mass is 19.4. The Morgan fingerprint density at radius 1 is 1.15 bits per heavy atom. The molecule has 4 N–H and O–H groups in total. The summed E-state index contributed by atoms with van der Waals surface area (Å²) in [6.45, 7) is 7.85. The number of anilines is 1. The number of aromatic nitrogens is 1. The van der Waals surface area contributed by atoms with E-state index in [4.69, 9.17) is 10.2 Å². The lowest BCUT2D eigenvalue weighted by atomic mass is 9.97. The average Bonchev–Trinajstić information content (AvgIpc) is 3.35. The number of nitrogens with one attached hydrogen (secondary N) is 2. The Bertz CT molecular complexity index is 1560. The lowest BCUT2D eigenvalue weighted by molar-refractivity contribution is -0.136. The number of furan rings is 1. The van der Waals surface area contributed by atoms with Gasteiger partial charge in [-0.05, 0) is 72.5 Å². The smallest absolute Gasteiger partial charge is 0.420 e. The van der Waals surface area contributed by atoms with Gasteiger partial charge in [-0.3, -0.25) is 9.69 Å². The molecule has 1 aliphatic rings. The average molecular weight is 564 g/mol. The van der Waals surface area contributed by atoms with Gasteiger partial charge < -0.3 is 20.8 Å². The fourth-order valence-corrected chi connectivity index (χ4v) is 4.93. The maximum Gasteiger partial charge on any atom is 0.420 e. The van der Waals surface area contributed by atoms with Crippen LogP contribution in [0.15, 0.2) is 71.3 Å². The number of piperazine rings is 1. The van der Waals surface area contributed by atoms with Crippen molar-refractivity contribution in [3.8, 4) is 11.1 Å². The van der Waals surface area contributed by atoms with Gasteiger partial charge in [-0.25, -0.2) is 4.98 Å². The number of nitrogens with two attached hydrogens (primary N) is 1. The molecule has 0 bridgehead atoms. The van der Waals surface area contributed by atoms with Crippen LogP contribution in [0.5, 0.6) is 0 Å². The third-order valence-corrected chi connectivity index (χ3v) is 7.28. The van der Waals surface area contributed by atoms with Crippen LogP contribution >= 0.6 is 0 Å². The van der Waals surface area contributed by atoms with Crippen LogP contribution in [0.25, 0.3) is 28.2 Å². The number of carbonyl (C=O) groups is 1. The molecule has 3 heterocycles. The molecule has 214 valence electrons. The number of pyridine rings is 1. The summed E-state index contributed by atoms with van der Waals surface area (Å²) in [7, 11) is 0. The summed E-state index contributed by atoms with van der Waals surface area (Å²) < 4.78 is 47.7. The second-order valence-electron chi connectivity index (χ2n) is 10.8. The highest BCUT2D eigenvalue weighted by molar-refractivity contribution is 5.92. The van der Waals surface area contributed by atoms with Crippen molar-refractivity contribution < 1.29 is 22.4 Å². The van der Waals surface area contributed by atoms with E-state index in [0.29, 0.717) is 27.9 Å². The molecule has 10 heteroatoms.